The van der Waals surface area contributed by atoms with Gasteiger partial charge in [0.1, 0.15) is 17.4 Å². The molecule has 2 aromatic carbocycles. The van der Waals surface area contributed by atoms with Crippen molar-refractivity contribution in [2.24, 2.45) is 0 Å². The van der Waals surface area contributed by atoms with E-state index in [1.165, 1.54) is 18.2 Å². The van der Waals surface area contributed by atoms with Crippen molar-refractivity contribution in [3.63, 3.8) is 0 Å². The molecule has 0 fully saturated rings. The molecule has 0 radical (unpaired) electrons. The van der Waals surface area contributed by atoms with Crippen molar-refractivity contribution in [2.45, 2.75) is 13.3 Å². The molecule has 0 atom stereocenters. The van der Waals surface area contributed by atoms with Crippen molar-refractivity contribution in [3.8, 4) is 5.75 Å². The van der Waals surface area contributed by atoms with Crippen LogP contribution in [0.2, 0.25) is 0 Å². The second kappa shape index (κ2) is 6.28. The van der Waals surface area contributed by atoms with Crippen LogP contribution in [0.25, 0.3) is 0 Å². The first-order chi connectivity index (χ1) is 9.63. The van der Waals surface area contributed by atoms with Crippen molar-refractivity contribution in [1.29, 1.82) is 0 Å². The van der Waals surface area contributed by atoms with Crippen LogP contribution in [0.15, 0.2) is 42.5 Å². The van der Waals surface area contributed by atoms with E-state index in [0.29, 0.717) is 12.4 Å². The maximum absolute atomic E-state index is 13.6. The van der Waals surface area contributed by atoms with Gasteiger partial charge in [0.25, 0.3) is 0 Å². The summed E-state index contributed by atoms with van der Waals surface area (Å²) in [6, 6.07) is 9.67. The van der Waals surface area contributed by atoms with Crippen LogP contribution in [-0.4, -0.2) is 12.4 Å². The zero-order valence-corrected chi connectivity index (χ0v) is 11.0. The van der Waals surface area contributed by atoms with E-state index >= 15 is 0 Å². The maximum atomic E-state index is 13.6. The summed E-state index contributed by atoms with van der Waals surface area (Å²) in [4.78, 5) is 12.2. The van der Waals surface area contributed by atoms with Gasteiger partial charge in [-0.25, -0.2) is 8.78 Å². The van der Waals surface area contributed by atoms with Gasteiger partial charge in [0.15, 0.2) is 5.78 Å². The Labute approximate surface area is 116 Å². The molecule has 0 aliphatic carbocycles. The van der Waals surface area contributed by atoms with Crippen molar-refractivity contribution in [3.05, 3.63) is 65.2 Å². The minimum Gasteiger partial charge on any atom is -0.494 e. The number of hydrogen-bond acceptors (Lipinski definition) is 2. The Kier molecular flexibility index (Phi) is 4.45. The van der Waals surface area contributed by atoms with Crippen LogP contribution in [0.1, 0.15) is 29.3 Å². The second-order valence-corrected chi connectivity index (χ2v) is 4.30. The Bertz CT molecular complexity index is 603. The lowest BCUT2D eigenvalue weighted by Crippen LogP contribution is -2.07. The lowest BCUT2D eigenvalue weighted by molar-refractivity contribution is 0.103. The Morgan fingerprint density at radius 1 is 1.10 bits per heavy atom. The molecule has 0 aromatic heterocycles. The van der Waals surface area contributed by atoms with Gasteiger partial charge in [-0.3, -0.25) is 4.79 Å². The van der Waals surface area contributed by atoms with Gasteiger partial charge in [0.05, 0.1) is 12.2 Å². The van der Waals surface area contributed by atoms with Crippen LogP contribution >= 0.6 is 0 Å². The quantitative estimate of drug-likeness (QED) is 0.772. The third kappa shape index (κ3) is 3.02. The number of hydrogen-bond donors (Lipinski definition) is 0. The number of ether oxygens (including phenoxy) is 1. The Balaban J connectivity index is 2.34. The highest BCUT2D eigenvalue weighted by Crippen LogP contribution is 2.20. The van der Waals surface area contributed by atoms with E-state index in [1.54, 1.807) is 12.1 Å². The predicted molar refractivity (Wildman–Crippen MR) is 72.0 cm³/mol. The van der Waals surface area contributed by atoms with Gasteiger partial charge < -0.3 is 4.74 Å². The molecular weight excluding hydrogens is 262 g/mol. The summed E-state index contributed by atoms with van der Waals surface area (Å²) in [5.41, 5.74) is -0.345. The topological polar surface area (TPSA) is 26.3 Å². The first-order valence-corrected chi connectivity index (χ1v) is 6.35. The average Bonchev–Trinajstić information content (AvgIpc) is 2.45. The van der Waals surface area contributed by atoms with Crippen LogP contribution in [0.3, 0.4) is 0 Å². The number of rotatable bonds is 5. The minimum atomic E-state index is -0.866. The molecule has 0 unspecified atom stereocenters. The van der Waals surface area contributed by atoms with Gasteiger partial charge in [0.2, 0.25) is 0 Å². The second-order valence-electron chi connectivity index (χ2n) is 4.30. The van der Waals surface area contributed by atoms with Gasteiger partial charge in [-0.2, -0.15) is 0 Å². The molecule has 0 saturated carbocycles. The number of halogens is 2. The molecule has 0 aliphatic rings. The van der Waals surface area contributed by atoms with Crippen LogP contribution < -0.4 is 4.74 Å². The van der Waals surface area contributed by atoms with Gasteiger partial charge in [-0.15, -0.1) is 0 Å². The highest BCUT2D eigenvalue weighted by molar-refractivity contribution is 6.09. The van der Waals surface area contributed by atoms with E-state index in [0.717, 1.165) is 18.6 Å². The van der Waals surface area contributed by atoms with E-state index < -0.39 is 23.0 Å². The molecule has 0 heterocycles. The molecule has 20 heavy (non-hydrogen) atoms. The largest absolute Gasteiger partial charge is 0.494 e. The summed E-state index contributed by atoms with van der Waals surface area (Å²) in [5.74, 6) is -1.92. The maximum Gasteiger partial charge on any atom is 0.199 e. The van der Waals surface area contributed by atoms with E-state index in [2.05, 4.69) is 0 Å². The number of ketones is 1. The lowest BCUT2D eigenvalue weighted by atomic mass is 10.0. The summed E-state index contributed by atoms with van der Waals surface area (Å²) in [6.07, 6.45) is 0.833. The summed E-state index contributed by atoms with van der Waals surface area (Å²) >= 11 is 0. The molecule has 0 amide bonds. The Hall–Kier alpha value is -2.23. The van der Waals surface area contributed by atoms with Crippen molar-refractivity contribution >= 4 is 5.78 Å². The molecule has 4 heteroatoms. The smallest absolute Gasteiger partial charge is 0.199 e. The van der Waals surface area contributed by atoms with E-state index in [9.17, 15) is 13.6 Å². The van der Waals surface area contributed by atoms with Gasteiger partial charge >= 0.3 is 0 Å². The lowest BCUT2D eigenvalue weighted by Gasteiger charge is -2.07. The van der Waals surface area contributed by atoms with Gasteiger partial charge in [0, 0.05) is 5.56 Å². The van der Waals surface area contributed by atoms with Crippen molar-refractivity contribution < 1.29 is 18.3 Å². The fourth-order valence-corrected chi connectivity index (χ4v) is 1.81. The summed E-state index contributed by atoms with van der Waals surface area (Å²) in [5, 5.41) is 0. The standard InChI is InChI=1S/C16H14F2O2/c1-2-9-20-12-6-3-5-11(10-12)16(19)15-13(17)7-4-8-14(15)18/h3-8,10H,2,9H2,1H3. The molecular formula is C16H14F2O2. The van der Waals surface area contributed by atoms with E-state index in [4.69, 9.17) is 4.74 Å². The Morgan fingerprint density at radius 2 is 1.75 bits per heavy atom. The third-order valence-corrected chi connectivity index (χ3v) is 2.76. The average molecular weight is 276 g/mol. The van der Waals surface area contributed by atoms with Crippen LogP contribution in [-0.2, 0) is 0 Å². The zero-order valence-electron chi connectivity index (χ0n) is 11.0. The summed E-state index contributed by atoms with van der Waals surface area (Å²) in [6.45, 7) is 2.48. The molecule has 0 bridgehead atoms. The molecule has 2 rings (SSSR count). The van der Waals surface area contributed by atoms with E-state index in [-0.39, 0.29) is 5.56 Å². The first kappa shape index (κ1) is 14.2. The number of carbonyl (C=O) groups is 1. The highest BCUT2D eigenvalue weighted by atomic mass is 19.1. The van der Waals surface area contributed by atoms with Crippen LogP contribution in [0.5, 0.6) is 5.75 Å². The summed E-state index contributed by atoms with van der Waals surface area (Å²) in [7, 11) is 0. The fourth-order valence-electron chi connectivity index (χ4n) is 1.81. The third-order valence-electron chi connectivity index (χ3n) is 2.76. The van der Waals surface area contributed by atoms with Crippen LogP contribution in [0, 0.1) is 11.6 Å². The van der Waals surface area contributed by atoms with Crippen LogP contribution in [0.4, 0.5) is 8.78 Å². The SMILES string of the molecule is CCCOc1cccc(C(=O)c2c(F)cccc2F)c1. The monoisotopic (exact) mass is 276 g/mol. The Morgan fingerprint density at radius 3 is 2.40 bits per heavy atom. The van der Waals surface area contributed by atoms with E-state index in [1.807, 2.05) is 6.92 Å². The van der Waals surface area contributed by atoms with Crippen molar-refractivity contribution in [1.82, 2.24) is 0 Å². The minimum absolute atomic E-state index is 0.197. The molecule has 0 saturated heterocycles. The normalized spacial score (nSPS) is 10.3. The number of benzene rings is 2. The van der Waals surface area contributed by atoms with Gasteiger partial charge in [-0.1, -0.05) is 25.1 Å². The molecule has 2 nitrogen and oxygen atoms in total. The highest BCUT2D eigenvalue weighted by Gasteiger charge is 2.18. The molecule has 0 N–H and O–H groups in total. The molecule has 104 valence electrons. The fraction of sp³-hybridized carbons (Fsp3) is 0.188. The molecule has 0 spiro atoms. The number of carbonyl (C=O) groups excluding carboxylic acids is 1. The van der Waals surface area contributed by atoms with Gasteiger partial charge in [-0.05, 0) is 30.7 Å². The molecule has 2 aromatic rings. The first-order valence-electron chi connectivity index (χ1n) is 6.35. The summed E-state index contributed by atoms with van der Waals surface area (Å²) < 4.78 is 32.6. The van der Waals surface area contributed by atoms with Crippen molar-refractivity contribution in [2.75, 3.05) is 6.61 Å². The zero-order chi connectivity index (χ0) is 14.5. The molecule has 0 aliphatic heterocycles. The predicted octanol–water partition coefficient (Wildman–Crippen LogP) is 3.98.